The smallest absolute Gasteiger partial charge is 0.164 e. The number of rotatable bonds is 7. The predicted octanol–water partition coefficient (Wildman–Crippen LogP) is 16.7. The van der Waals surface area contributed by atoms with Crippen LogP contribution in [0.15, 0.2) is 255 Å². The van der Waals surface area contributed by atoms with Crippen molar-refractivity contribution in [1.29, 1.82) is 0 Å². The number of pyridine rings is 1. The molecule has 16 rings (SSSR count). The second kappa shape index (κ2) is 16.5. The van der Waals surface area contributed by atoms with Crippen LogP contribution in [-0.2, 0) is 0 Å². The normalized spacial score (nSPS) is 11.9. The van der Waals surface area contributed by atoms with Gasteiger partial charge in [0, 0.05) is 77.6 Å². The summed E-state index contributed by atoms with van der Waals surface area (Å²) in [5.41, 5.74) is 13.4. The molecular formula is C68H42N8. The van der Waals surface area contributed by atoms with Crippen LogP contribution in [0.5, 0.6) is 0 Å². The first kappa shape index (κ1) is 42.1. The Hall–Kier alpha value is -10.4. The van der Waals surface area contributed by atoms with E-state index in [1.54, 1.807) is 0 Å². The predicted molar refractivity (Wildman–Crippen MR) is 311 cm³/mol. The Kier molecular flexibility index (Phi) is 9.17. The molecule has 8 heteroatoms. The quantitative estimate of drug-likeness (QED) is 0.160. The molecule has 76 heavy (non-hydrogen) atoms. The summed E-state index contributed by atoms with van der Waals surface area (Å²) in [5.74, 6) is 3.48. The summed E-state index contributed by atoms with van der Waals surface area (Å²) >= 11 is 0. The van der Waals surface area contributed by atoms with E-state index in [4.69, 9.17) is 19.9 Å². The van der Waals surface area contributed by atoms with Crippen LogP contribution in [0.3, 0.4) is 0 Å². The van der Waals surface area contributed by atoms with Gasteiger partial charge in [0.15, 0.2) is 17.5 Å². The van der Waals surface area contributed by atoms with Crippen molar-refractivity contribution in [3.05, 3.63) is 255 Å². The third-order valence-corrected chi connectivity index (χ3v) is 15.2. The molecule has 0 spiro atoms. The molecule has 0 N–H and O–H groups in total. The lowest BCUT2D eigenvalue weighted by Gasteiger charge is -2.17. The van der Waals surface area contributed by atoms with Crippen molar-refractivity contribution in [3.63, 3.8) is 0 Å². The summed E-state index contributed by atoms with van der Waals surface area (Å²) in [7, 11) is 0. The summed E-state index contributed by atoms with van der Waals surface area (Å²) in [5, 5.41) is 9.33. The number of fused-ring (bicyclic) bond motifs is 13. The van der Waals surface area contributed by atoms with Gasteiger partial charge in [-0.2, -0.15) is 0 Å². The number of benzene rings is 10. The maximum Gasteiger partial charge on any atom is 0.164 e. The van der Waals surface area contributed by atoms with Gasteiger partial charge in [-0.05, 0) is 48.5 Å². The van der Waals surface area contributed by atoms with E-state index in [1.807, 2.05) is 60.7 Å². The van der Waals surface area contributed by atoms with Crippen LogP contribution in [0.2, 0.25) is 0 Å². The Balaban J connectivity index is 1.01. The molecule has 0 aliphatic carbocycles. The number of aromatic nitrogens is 8. The maximum atomic E-state index is 5.73. The van der Waals surface area contributed by atoms with E-state index in [1.165, 1.54) is 21.5 Å². The second-order valence-corrected chi connectivity index (χ2v) is 19.4. The van der Waals surface area contributed by atoms with Gasteiger partial charge in [0.1, 0.15) is 11.6 Å². The average Bonchev–Trinajstić information content (AvgIpc) is 4.29. The van der Waals surface area contributed by atoms with E-state index in [2.05, 4.69) is 212 Å². The molecular weight excluding hydrogens is 929 g/mol. The van der Waals surface area contributed by atoms with E-state index in [0.717, 1.165) is 105 Å². The van der Waals surface area contributed by atoms with Crippen LogP contribution in [0.4, 0.5) is 0 Å². The first-order valence-electron chi connectivity index (χ1n) is 25.6. The monoisotopic (exact) mass is 970 g/mol. The number of hydrogen-bond acceptors (Lipinski definition) is 4. The minimum atomic E-state index is 0.599. The van der Waals surface area contributed by atoms with Crippen molar-refractivity contribution in [2.75, 3.05) is 0 Å². The Labute approximate surface area is 435 Å². The molecule has 10 aromatic carbocycles. The molecule has 0 amide bonds. The highest BCUT2D eigenvalue weighted by Crippen LogP contribution is 2.44. The standard InChI is InChI=1S/C68H42N8/c1-3-20-43(21-4-1)66-70-67(44-22-5-2-6-23-44)72-68(71-66)45-24-19-25-46(40-45)73-56-32-13-11-30-52(56)54-38-39-55-53-31-12-14-33-57(53)74(65(55)64(54)73)47-41-62(75-58-34-15-7-26-48(58)49-27-8-16-35-59(49)75)69-63(42-47)76-60-36-17-9-28-50(60)51-29-10-18-37-61(51)76/h1-42H. The maximum absolute atomic E-state index is 5.73. The van der Waals surface area contributed by atoms with Crippen LogP contribution >= 0.6 is 0 Å². The van der Waals surface area contributed by atoms with Crippen molar-refractivity contribution in [1.82, 2.24) is 38.2 Å². The minimum Gasteiger partial charge on any atom is -0.307 e. The van der Waals surface area contributed by atoms with E-state index < -0.39 is 0 Å². The van der Waals surface area contributed by atoms with Crippen molar-refractivity contribution in [2.45, 2.75) is 0 Å². The fourth-order valence-corrected chi connectivity index (χ4v) is 11.9. The summed E-state index contributed by atoms with van der Waals surface area (Å²) in [4.78, 5) is 21.1. The van der Waals surface area contributed by atoms with Crippen LogP contribution < -0.4 is 0 Å². The SMILES string of the molecule is c1ccc(-c2nc(-c3ccccc3)nc(-c3cccc(-n4c5ccccc5c5ccc6c7ccccc7n(-c7cc(-n8c9ccccc9c9ccccc98)nc(-n8c9ccccc9c9ccccc98)c7)c6c54)c3)n2)cc1. The first-order valence-corrected chi connectivity index (χ1v) is 25.6. The summed E-state index contributed by atoms with van der Waals surface area (Å²) in [6.07, 6.45) is 0. The molecule has 16 aromatic rings. The summed E-state index contributed by atoms with van der Waals surface area (Å²) in [6.45, 7) is 0. The summed E-state index contributed by atoms with van der Waals surface area (Å²) in [6, 6.07) is 90.4. The lowest BCUT2D eigenvalue weighted by Crippen LogP contribution is -2.07. The molecule has 0 fully saturated rings. The van der Waals surface area contributed by atoms with Gasteiger partial charge in [0.05, 0.1) is 49.8 Å². The Morgan fingerprint density at radius 1 is 0.211 bits per heavy atom. The fourth-order valence-electron chi connectivity index (χ4n) is 11.9. The zero-order chi connectivity index (χ0) is 49.8. The van der Waals surface area contributed by atoms with E-state index in [-0.39, 0.29) is 0 Å². The summed E-state index contributed by atoms with van der Waals surface area (Å²) < 4.78 is 9.59. The van der Waals surface area contributed by atoms with E-state index >= 15 is 0 Å². The van der Waals surface area contributed by atoms with Crippen LogP contribution in [0.1, 0.15) is 0 Å². The van der Waals surface area contributed by atoms with Gasteiger partial charge in [-0.1, -0.05) is 194 Å². The molecule has 0 atom stereocenters. The molecule has 354 valence electrons. The van der Waals surface area contributed by atoms with Crippen LogP contribution in [0.25, 0.3) is 144 Å². The molecule has 6 heterocycles. The van der Waals surface area contributed by atoms with Crippen molar-refractivity contribution >= 4 is 87.2 Å². The van der Waals surface area contributed by atoms with Gasteiger partial charge < -0.3 is 9.13 Å². The van der Waals surface area contributed by atoms with Gasteiger partial charge >= 0.3 is 0 Å². The van der Waals surface area contributed by atoms with Gasteiger partial charge in [-0.3, -0.25) is 9.13 Å². The van der Waals surface area contributed by atoms with E-state index in [9.17, 15) is 0 Å². The topological polar surface area (TPSA) is 71.3 Å². The average molecular weight is 971 g/mol. The van der Waals surface area contributed by atoms with Gasteiger partial charge in [-0.15, -0.1) is 0 Å². The molecule has 0 saturated heterocycles. The number of hydrogen-bond donors (Lipinski definition) is 0. The Bertz CT molecular complexity index is 4710. The minimum absolute atomic E-state index is 0.599. The van der Waals surface area contributed by atoms with Crippen LogP contribution in [-0.4, -0.2) is 38.2 Å². The van der Waals surface area contributed by atoms with Gasteiger partial charge in [-0.25, -0.2) is 19.9 Å². The lowest BCUT2D eigenvalue weighted by atomic mass is 10.1. The molecule has 0 aliphatic heterocycles. The largest absolute Gasteiger partial charge is 0.307 e. The number of nitrogens with zero attached hydrogens (tertiary/aromatic N) is 8. The number of para-hydroxylation sites is 6. The second-order valence-electron chi connectivity index (χ2n) is 19.4. The first-order chi connectivity index (χ1) is 37.7. The highest BCUT2D eigenvalue weighted by atomic mass is 15.2. The van der Waals surface area contributed by atoms with E-state index in [0.29, 0.717) is 17.5 Å². The molecule has 0 radical (unpaired) electrons. The van der Waals surface area contributed by atoms with Crippen molar-refractivity contribution in [3.8, 4) is 57.2 Å². The molecule has 0 bridgehead atoms. The zero-order valence-electron chi connectivity index (χ0n) is 40.8. The van der Waals surface area contributed by atoms with Gasteiger partial charge in [0.25, 0.3) is 0 Å². The third kappa shape index (κ3) is 6.31. The molecule has 0 unspecified atom stereocenters. The molecule has 0 aliphatic rings. The highest BCUT2D eigenvalue weighted by molar-refractivity contribution is 6.24. The Morgan fingerprint density at radius 3 is 0.934 bits per heavy atom. The van der Waals surface area contributed by atoms with Crippen molar-refractivity contribution in [2.24, 2.45) is 0 Å². The van der Waals surface area contributed by atoms with Crippen LogP contribution in [0, 0.1) is 0 Å². The fraction of sp³-hybridized carbons (Fsp3) is 0. The van der Waals surface area contributed by atoms with Gasteiger partial charge in [0.2, 0.25) is 0 Å². The highest BCUT2D eigenvalue weighted by Gasteiger charge is 2.25. The zero-order valence-corrected chi connectivity index (χ0v) is 40.8. The molecule has 0 saturated carbocycles. The molecule has 8 nitrogen and oxygen atoms in total. The third-order valence-electron chi connectivity index (χ3n) is 15.2. The molecule has 6 aromatic heterocycles. The van der Waals surface area contributed by atoms with Crippen molar-refractivity contribution < 1.29 is 0 Å². The lowest BCUT2D eigenvalue weighted by molar-refractivity contribution is 0.997. The Morgan fingerprint density at radius 2 is 0.526 bits per heavy atom.